The van der Waals surface area contributed by atoms with Crippen LogP contribution in [0.15, 0.2) is 36.8 Å². The number of benzene rings is 1. The number of aromatic nitrogens is 4. The molecule has 0 unspecified atom stereocenters. The zero-order valence-corrected chi connectivity index (χ0v) is 14.4. The number of ether oxygens (including phenoxy) is 1. The maximum Gasteiger partial charge on any atom is 0.263 e. The lowest BCUT2D eigenvalue weighted by Crippen LogP contribution is -2.23. The number of hydrogen-bond donors (Lipinski definition) is 1. The summed E-state index contributed by atoms with van der Waals surface area (Å²) < 4.78 is 7.41. The van der Waals surface area contributed by atoms with Gasteiger partial charge in [0, 0.05) is 12.1 Å². The number of para-hydroxylation sites is 1. The average Bonchev–Trinajstić information content (AvgIpc) is 2.98. The first-order valence-corrected chi connectivity index (χ1v) is 8.34. The third kappa shape index (κ3) is 3.93. The molecule has 2 aromatic heterocycles. The van der Waals surface area contributed by atoms with Gasteiger partial charge < -0.3 is 10.1 Å². The van der Waals surface area contributed by atoms with Gasteiger partial charge >= 0.3 is 0 Å². The minimum atomic E-state index is -0.246. The summed E-state index contributed by atoms with van der Waals surface area (Å²) in [6, 6.07) is 7.52. The summed E-state index contributed by atoms with van der Waals surface area (Å²) in [7, 11) is 0. The highest BCUT2D eigenvalue weighted by atomic mass is 16.5. The molecule has 1 N–H and O–H groups in total. The highest BCUT2D eigenvalue weighted by Crippen LogP contribution is 2.20. The van der Waals surface area contributed by atoms with Gasteiger partial charge in [-0.2, -0.15) is 5.10 Å². The second kappa shape index (κ2) is 7.74. The molecule has 2 heterocycles. The molecule has 25 heavy (non-hydrogen) atoms. The van der Waals surface area contributed by atoms with Crippen LogP contribution in [0.25, 0.3) is 10.9 Å². The van der Waals surface area contributed by atoms with Crippen molar-refractivity contribution >= 4 is 22.6 Å². The summed E-state index contributed by atoms with van der Waals surface area (Å²) in [5.74, 6) is 0.871. The molecule has 0 atom stereocenters. The Morgan fingerprint density at radius 3 is 2.96 bits per heavy atom. The number of amides is 1. The second-order valence-electron chi connectivity index (χ2n) is 5.79. The van der Waals surface area contributed by atoms with Gasteiger partial charge in [0.05, 0.1) is 17.1 Å². The lowest BCUT2D eigenvalue weighted by molar-refractivity contribution is -0.118. The number of aryl methyl sites for hydroxylation is 2. The zero-order chi connectivity index (χ0) is 17.6. The van der Waals surface area contributed by atoms with E-state index in [0.29, 0.717) is 5.88 Å². The fourth-order valence-electron chi connectivity index (χ4n) is 2.52. The molecular weight excluding hydrogens is 318 g/mol. The number of hydrogen-bond acceptors (Lipinski definition) is 5. The Kier molecular flexibility index (Phi) is 5.23. The predicted octanol–water partition coefficient (Wildman–Crippen LogP) is 2.95. The van der Waals surface area contributed by atoms with Crippen LogP contribution in [-0.4, -0.2) is 32.3 Å². The van der Waals surface area contributed by atoms with Crippen molar-refractivity contribution in [3.05, 3.63) is 42.4 Å². The van der Waals surface area contributed by atoms with Crippen molar-refractivity contribution in [2.45, 2.75) is 33.2 Å². The highest BCUT2D eigenvalue weighted by molar-refractivity contribution is 5.92. The average molecular weight is 339 g/mol. The van der Waals surface area contributed by atoms with E-state index in [9.17, 15) is 4.79 Å². The SMILES string of the molecule is CCCCn1ncc(C)c1NC(=O)COc1ncnc2ccccc12. The van der Waals surface area contributed by atoms with Gasteiger partial charge in [0.15, 0.2) is 6.61 Å². The molecule has 0 saturated carbocycles. The van der Waals surface area contributed by atoms with Gasteiger partial charge in [-0.25, -0.2) is 14.6 Å². The fraction of sp³-hybridized carbons (Fsp3) is 0.333. The summed E-state index contributed by atoms with van der Waals surface area (Å²) >= 11 is 0. The van der Waals surface area contributed by atoms with Crippen molar-refractivity contribution in [3.8, 4) is 5.88 Å². The summed E-state index contributed by atoms with van der Waals surface area (Å²) in [5, 5.41) is 7.96. The number of nitrogens with zero attached hydrogens (tertiary/aromatic N) is 4. The van der Waals surface area contributed by atoms with E-state index >= 15 is 0 Å². The molecule has 0 aliphatic rings. The third-order valence-electron chi connectivity index (χ3n) is 3.85. The molecule has 7 nitrogen and oxygen atoms in total. The van der Waals surface area contributed by atoms with Crippen molar-refractivity contribution < 1.29 is 9.53 Å². The van der Waals surface area contributed by atoms with Crippen LogP contribution >= 0.6 is 0 Å². The molecule has 3 aromatic rings. The van der Waals surface area contributed by atoms with Crippen LogP contribution in [0, 0.1) is 6.92 Å². The molecular formula is C18H21N5O2. The van der Waals surface area contributed by atoms with E-state index in [4.69, 9.17) is 4.74 Å². The van der Waals surface area contributed by atoms with Crippen LogP contribution < -0.4 is 10.1 Å². The van der Waals surface area contributed by atoms with E-state index < -0.39 is 0 Å². The quantitative estimate of drug-likeness (QED) is 0.715. The van der Waals surface area contributed by atoms with Gasteiger partial charge in [-0.1, -0.05) is 25.5 Å². The van der Waals surface area contributed by atoms with Crippen molar-refractivity contribution in [2.24, 2.45) is 0 Å². The van der Waals surface area contributed by atoms with Gasteiger partial charge in [-0.05, 0) is 25.5 Å². The molecule has 130 valence electrons. The highest BCUT2D eigenvalue weighted by Gasteiger charge is 2.12. The van der Waals surface area contributed by atoms with Gasteiger partial charge in [0.1, 0.15) is 12.1 Å². The summed E-state index contributed by atoms with van der Waals surface area (Å²) in [5.41, 5.74) is 1.71. The van der Waals surface area contributed by atoms with Crippen molar-refractivity contribution in [1.29, 1.82) is 0 Å². The van der Waals surface area contributed by atoms with Crippen molar-refractivity contribution in [1.82, 2.24) is 19.7 Å². The van der Waals surface area contributed by atoms with Crippen molar-refractivity contribution in [3.63, 3.8) is 0 Å². The number of unbranched alkanes of at least 4 members (excludes halogenated alkanes) is 1. The number of carbonyl (C=O) groups is 1. The van der Waals surface area contributed by atoms with E-state index in [1.807, 2.05) is 35.9 Å². The van der Waals surface area contributed by atoms with E-state index in [1.54, 1.807) is 6.20 Å². The van der Waals surface area contributed by atoms with E-state index in [2.05, 4.69) is 27.3 Å². The molecule has 0 aliphatic carbocycles. The normalized spacial score (nSPS) is 10.8. The minimum absolute atomic E-state index is 0.126. The lowest BCUT2D eigenvalue weighted by atomic mass is 10.2. The lowest BCUT2D eigenvalue weighted by Gasteiger charge is -2.11. The van der Waals surface area contributed by atoms with Crippen LogP contribution in [0.5, 0.6) is 5.88 Å². The minimum Gasteiger partial charge on any atom is -0.467 e. The summed E-state index contributed by atoms with van der Waals surface area (Å²) in [4.78, 5) is 20.6. The molecule has 0 saturated heterocycles. The fourth-order valence-corrected chi connectivity index (χ4v) is 2.52. The smallest absolute Gasteiger partial charge is 0.263 e. The van der Waals surface area contributed by atoms with Gasteiger partial charge in [-0.3, -0.25) is 4.79 Å². The second-order valence-corrected chi connectivity index (χ2v) is 5.79. The van der Waals surface area contributed by atoms with Crippen LogP contribution in [0.4, 0.5) is 5.82 Å². The maximum absolute atomic E-state index is 12.3. The number of rotatable bonds is 7. The van der Waals surface area contributed by atoms with Gasteiger partial charge in [-0.15, -0.1) is 0 Å². The number of anilines is 1. The van der Waals surface area contributed by atoms with Crippen LogP contribution in [0.1, 0.15) is 25.3 Å². The maximum atomic E-state index is 12.3. The monoisotopic (exact) mass is 339 g/mol. The van der Waals surface area contributed by atoms with Crippen LogP contribution in [0.3, 0.4) is 0 Å². The molecule has 1 aromatic carbocycles. The molecule has 0 aliphatic heterocycles. The van der Waals surface area contributed by atoms with E-state index in [0.717, 1.165) is 41.7 Å². The van der Waals surface area contributed by atoms with Gasteiger partial charge in [0.2, 0.25) is 5.88 Å². The van der Waals surface area contributed by atoms with E-state index in [-0.39, 0.29) is 12.5 Å². The Morgan fingerprint density at radius 2 is 2.12 bits per heavy atom. The van der Waals surface area contributed by atoms with Crippen LogP contribution in [0.2, 0.25) is 0 Å². The summed E-state index contributed by atoms with van der Waals surface area (Å²) in [6.45, 7) is 4.69. The number of nitrogens with one attached hydrogen (secondary N) is 1. The first-order chi connectivity index (χ1) is 12.2. The molecule has 0 spiro atoms. The largest absolute Gasteiger partial charge is 0.467 e. The Balaban J connectivity index is 1.66. The third-order valence-corrected chi connectivity index (χ3v) is 3.85. The molecule has 0 bridgehead atoms. The molecule has 0 radical (unpaired) electrons. The Hall–Kier alpha value is -2.96. The Labute approximate surface area is 146 Å². The number of carbonyl (C=O) groups excluding carboxylic acids is 1. The Bertz CT molecular complexity index is 870. The van der Waals surface area contributed by atoms with Crippen molar-refractivity contribution in [2.75, 3.05) is 11.9 Å². The molecule has 7 heteroatoms. The molecule has 3 rings (SSSR count). The Morgan fingerprint density at radius 1 is 1.28 bits per heavy atom. The summed E-state index contributed by atoms with van der Waals surface area (Å²) in [6.07, 6.45) is 5.26. The standard InChI is InChI=1S/C18H21N5O2/c1-3-4-9-23-17(13(2)10-21-23)22-16(24)11-25-18-14-7-5-6-8-15(14)19-12-20-18/h5-8,10,12H,3-4,9,11H2,1-2H3,(H,22,24). The zero-order valence-electron chi connectivity index (χ0n) is 14.4. The molecule has 0 fully saturated rings. The molecule has 1 amide bonds. The number of fused-ring (bicyclic) bond motifs is 1. The van der Waals surface area contributed by atoms with Crippen LogP contribution in [-0.2, 0) is 11.3 Å². The first-order valence-electron chi connectivity index (χ1n) is 8.34. The first kappa shape index (κ1) is 16.9. The van der Waals surface area contributed by atoms with E-state index in [1.165, 1.54) is 6.33 Å². The topological polar surface area (TPSA) is 81.9 Å². The van der Waals surface area contributed by atoms with Gasteiger partial charge in [0.25, 0.3) is 5.91 Å². The predicted molar refractivity (Wildman–Crippen MR) is 95.5 cm³/mol.